The number of benzene rings is 1. The van der Waals surface area contributed by atoms with E-state index in [1.807, 2.05) is 23.8 Å². The lowest BCUT2D eigenvalue weighted by molar-refractivity contribution is 0.100. The number of ether oxygens (including phenoxy) is 1. The summed E-state index contributed by atoms with van der Waals surface area (Å²) in [5.74, 6) is 1.71. The van der Waals surface area contributed by atoms with Crippen LogP contribution in [0.15, 0.2) is 18.2 Å². The summed E-state index contributed by atoms with van der Waals surface area (Å²) < 4.78 is 7.63. The minimum atomic E-state index is 0.607. The molecule has 4 nitrogen and oxygen atoms in total. The Morgan fingerprint density at radius 3 is 2.84 bits per heavy atom. The lowest BCUT2D eigenvalue weighted by Gasteiger charge is -2.15. The molecule has 1 aliphatic rings. The summed E-state index contributed by atoms with van der Waals surface area (Å²) in [6.45, 7) is 5.48. The summed E-state index contributed by atoms with van der Waals surface area (Å²) in [6.07, 6.45) is 7.55. The molecule has 0 N–H and O–H groups in total. The maximum atomic E-state index is 6.33. The molecule has 1 aliphatic carbocycles. The van der Waals surface area contributed by atoms with E-state index >= 15 is 0 Å². The van der Waals surface area contributed by atoms with Gasteiger partial charge in [0, 0.05) is 6.42 Å². The van der Waals surface area contributed by atoms with E-state index in [1.54, 1.807) is 0 Å². The van der Waals surface area contributed by atoms with E-state index in [2.05, 4.69) is 18.0 Å². The Balaban J connectivity index is 1.56. The fraction of sp³-hybridized carbons (Fsp3) is 0.550. The van der Waals surface area contributed by atoms with Crippen LogP contribution in [-0.4, -0.2) is 22.9 Å². The molecule has 136 valence electrons. The zero-order valence-electron chi connectivity index (χ0n) is 15.2. The van der Waals surface area contributed by atoms with Gasteiger partial charge in [0.2, 0.25) is 0 Å². The van der Waals surface area contributed by atoms with Gasteiger partial charge in [-0.3, -0.25) is 0 Å². The molecule has 1 heterocycles. The lowest BCUT2D eigenvalue weighted by Crippen LogP contribution is -2.19. The summed E-state index contributed by atoms with van der Waals surface area (Å²) in [5.41, 5.74) is 3.61. The van der Waals surface area contributed by atoms with E-state index in [4.69, 9.17) is 21.2 Å². The Labute approximate surface area is 155 Å². The van der Waals surface area contributed by atoms with Gasteiger partial charge in [-0.15, -0.1) is 0 Å². The molecule has 0 spiro atoms. The van der Waals surface area contributed by atoms with Gasteiger partial charge in [-0.2, -0.15) is 4.73 Å². The first kappa shape index (κ1) is 18.1. The van der Waals surface area contributed by atoms with Crippen LogP contribution >= 0.6 is 11.6 Å². The van der Waals surface area contributed by atoms with Crippen molar-refractivity contribution >= 4 is 11.6 Å². The van der Waals surface area contributed by atoms with Crippen LogP contribution in [0.3, 0.4) is 0 Å². The highest BCUT2D eigenvalue weighted by molar-refractivity contribution is 6.32. The zero-order valence-corrected chi connectivity index (χ0v) is 15.9. The van der Waals surface area contributed by atoms with E-state index in [0.717, 1.165) is 49.2 Å². The van der Waals surface area contributed by atoms with Gasteiger partial charge in [0.15, 0.2) is 0 Å². The van der Waals surface area contributed by atoms with Crippen molar-refractivity contribution in [3.8, 4) is 5.75 Å². The predicted octanol–water partition coefficient (Wildman–Crippen LogP) is 4.57. The quantitative estimate of drug-likeness (QED) is 0.645. The SMILES string of the molecule is CCCCOc1ccc(CCOn2c(C)nc3c2CCCC3)cc1Cl. The van der Waals surface area contributed by atoms with Gasteiger partial charge in [0.1, 0.15) is 18.2 Å². The molecule has 0 atom stereocenters. The molecule has 0 aliphatic heterocycles. The van der Waals surface area contributed by atoms with Gasteiger partial charge >= 0.3 is 0 Å². The molecule has 2 aromatic rings. The van der Waals surface area contributed by atoms with Crippen molar-refractivity contribution in [2.75, 3.05) is 13.2 Å². The number of fused-ring (bicyclic) bond motifs is 1. The minimum Gasteiger partial charge on any atom is -0.492 e. The summed E-state index contributed by atoms with van der Waals surface area (Å²) in [4.78, 5) is 10.6. The van der Waals surface area contributed by atoms with Crippen LogP contribution in [-0.2, 0) is 19.3 Å². The molecular formula is C20H27ClN2O2. The van der Waals surface area contributed by atoms with Crippen molar-refractivity contribution in [2.45, 2.75) is 58.8 Å². The number of imidazole rings is 1. The molecule has 0 amide bonds. The average Bonchev–Trinajstić information content (AvgIpc) is 2.93. The summed E-state index contributed by atoms with van der Waals surface area (Å²) >= 11 is 6.33. The van der Waals surface area contributed by atoms with Crippen molar-refractivity contribution in [2.24, 2.45) is 0 Å². The highest BCUT2D eigenvalue weighted by atomic mass is 35.5. The molecule has 0 unspecified atom stereocenters. The van der Waals surface area contributed by atoms with E-state index < -0.39 is 0 Å². The first-order valence-electron chi connectivity index (χ1n) is 9.30. The highest BCUT2D eigenvalue weighted by Gasteiger charge is 2.18. The second-order valence-electron chi connectivity index (χ2n) is 6.60. The molecule has 25 heavy (non-hydrogen) atoms. The van der Waals surface area contributed by atoms with Crippen LogP contribution < -0.4 is 9.57 Å². The van der Waals surface area contributed by atoms with E-state index in [1.165, 1.54) is 24.2 Å². The lowest BCUT2D eigenvalue weighted by atomic mass is 10.0. The van der Waals surface area contributed by atoms with Crippen molar-refractivity contribution < 1.29 is 9.57 Å². The van der Waals surface area contributed by atoms with Crippen LogP contribution in [0.4, 0.5) is 0 Å². The molecule has 0 saturated carbocycles. The van der Waals surface area contributed by atoms with E-state index in [9.17, 15) is 0 Å². The highest BCUT2D eigenvalue weighted by Crippen LogP contribution is 2.26. The van der Waals surface area contributed by atoms with Gasteiger partial charge in [0.05, 0.1) is 23.0 Å². The van der Waals surface area contributed by atoms with E-state index in [-0.39, 0.29) is 0 Å². The second kappa shape index (κ2) is 8.61. The molecule has 1 aromatic heterocycles. The largest absolute Gasteiger partial charge is 0.492 e. The maximum absolute atomic E-state index is 6.33. The monoisotopic (exact) mass is 362 g/mol. The number of aromatic nitrogens is 2. The number of nitrogens with zero attached hydrogens (tertiary/aromatic N) is 2. The third-order valence-electron chi connectivity index (χ3n) is 4.61. The first-order valence-corrected chi connectivity index (χ1v) is 9.68. The molecule has 0 radical (unpaired) electrons. The molecule has 1 aromatic carbocycles. The number of rotatable bonds is 8. The summed E-state index contributed by atoms with van der Waals surface area (Å²) in [6, 6.07) is 5.99. The fourth-order valence-electron chi connectivity index (χ4n) is 3.22. The summed E-state index contributed by atoms with van der Waals surface area (Å²) in [5, 5.41) is 0.671. The molecule has 0 bridgehead atoms. The van der Waals surface area contributed by atoms with Crippen LogP contribution in [0.5, 0.6) is 5.75 Å². The fourth-order valence-corrected chi connectivity index (χ4v) is 3.48. The normalized spacial score (nSPS) is 13.6. The Kier molecular flexibility index (Phi) is 6.24. The van der Waals surface area contributed by atoms with Crippen LogP contribution in [0, 0.1) is 6.92 Å². The predicted molar refractivity (Wildman–Crippen MR) is 101 cm³/mol. The number of halogens is 1. The van der Waals surface area contributed by atoms with Crippen LogP contribution in [0.1, 0.15) is 55.4 Å². The molecule has 0 fully saturated rings. The van der Waals surface area contributed by atoms with Gasteiger partial charge in [-0.25, -0.2) is 4.98 Å². The Morgan fingerprint density at radius 2 is 2.04 bits per heavy atom. The number of hydrogen-bond donors (Lipinski definition) is 0. The van der Waals surface area contributed by atoms with Gasteiger partial charge in [-0.1, -0.05) is 31.0 Å². The second-order valence-corrected chi connectivity index (χ2v) is 7.01. The van der Waals surface area contributed by atoms with Crippen molar-refractivity contribution in [1.82, 2.24) is 9.71 Å². The Morgan fingerprint density at radius 1 is 1.20 bits per heavy atom. The van der Waals surface area contributed by atoms with Crippen molar-refractivity contribution in [3.05, 3.63) is 46.0 Å². The number of unbranched alkanes of at least 4 members (excludes halogenated alkanes) is 1. The third kappa shape index (κ3) is 4.49. The third-order valence-corrected chi connectivity index (χ3v) is 4.90. The average molecular weight is 363 g/mol. The van der Waals surface area contributed by atoms with Crippen molar-refractivity contribution in [1.29, 1.82) is 0 Å². The zero-order chi connectivity index (χ0) is 17.6. The van der Waals surface area contributed by atoms with Gasteiger partial charge in [-0.05, 0) is 56.7 Å². The van der Waals surface area contributed by atoms with Crippen LogP contribution in [0.25, 0.3) is 0 Å². The Bertz CT molecular complexity index is 712. The molecular weight excluding hydrogens is 336 g/mol. The molecule has 3 rings (SSSR count). The molecule has 0 saturated heterocycles. The topological polar surface area (TPSA) is 36.3 Å². The van der Waals surface area contributed by atoms with Crippen molar-refractivity contribution in [3.63, 3.8) is 0 Å². The minimum absolute atomic E-state index is 0.607. The Hall–Kier alpha value is -1.68. The maximum Gasteiger partial charge on any atom is 0.142 e. The summed E-state index contributed by atoms with van der Waals surface area (Å²) in [7, 11) is 0. The number of aryl methyl sites for hydroxylation is 2. The number of hydrogen-bond acceptors (Lipinski definition) is 3. The van der Waals surface area contributed by atoms with Gasteiger partial charge in [0.25, 0.3) is 0 Å². The first-order chi connectivity index (χ1) is 12.2. The van der Waals surface area contributed by atoms with Crippen LogP contribution in [0.2, 0.25) is 5.02 Å². The smallest absolute Gasteiger partial charge is 0.142 e. The van der Waals surface area contributed by atoms with Gasteiger partial charge < -0.3 is 9.57 Å². The standard InChI is InChI=1S/C20H27ClN2O2/c1-3-4-12-24-20-10-9-16(14-17(20)21)11-13-25-23-15(2)22-18-7-5-6-8-19(18)23/h9-10,14H,3-8,11-13H2,1-2H3. The molecule has 5 heteroatoms. The van der Waals surface area contributed by atoms with E-state index in [0.29, 0.717) is 18.2 Å².